The minimum atomic E-state index is -0.822. The fraction of sp³-hybridized carbons (Fsp3) is 0.960. The molecule has 0 aromatic rings. The van der Waals surface area contributed by atoms with Gasteiger partial charge in [0.1, 0.15) is 0 Å². The van der Waals surface area contributed by atoms with Crippen LogP contribution in [0.1, 0.15) is 129 Å². The quantitative estimate of drug-likeness (QED) is 0.207. The average molecular weight is 414 g/mol. The molecule has 0 aliphatic carbocycles. The first-order valence-electron chi connectivity index (χ1n) is 12.7. The first-order chi connectivity index (χ1) is 14.2. The van der Waals surface area contributed by atoms with E-state index in [0.717, 1.165) is 32.1 Å². The molecule has 0 aromatic carbocycles. The van der Waals surface area contributed by atoms with E-state index in [1.54, 1.807) is 4.90 Å². The van der Waals surface area contributed by atoms with Crippen LogP contribution >= 0.6 is 0 Å². The van der Waals surface area contributed by atoms with Gasteiger partial charge in [0.25, 0.3) is 0 Å². The van der Waals surface area contributed by atoms with Gasteiger partial charge in [-0.05, 0) is 12.8 Å². The van der Waals surface area contributed by atoms with Gasteiger partial charge >= 0.3 is 0 Å². The van der Waals surface area contributed by atoms with Crippen molar-refractivity contribution in [2.24, 2.45) is 0 Å². The summed E-state index contributed by atoms with van der Waals surface area (Å²) >= 11 is 0. The number of carbonyl (C=O) groups excluding carboxylic acids is 1. The molecular weight excluding hydrogens is 362 g/mol. The number of unbranched alkanes of at least 4 members (excludes halogenated alkanes) is 15. The van der Waals surface area contributed by atoms with E-state index in [2.05, 4.69) is 13.8 Å². The van der Waals surface area contributed by atoms with Crippen molar-refractivity contribution < 1.29 is 15.0 Å². The van der Waals surface area contributed by atoms with Crippen LogP contribution in [0.5, 0.6) is 0 Å². The Morgan fingerprint density at radius 1 is 0.690 bits per heavy atom. The molecule has 0 aliphatic rings. The minimum absolute atomic E-state index is 0.126. The van der Waals surface area contributed by atoms with Crippen molar-refractivity contribution in [2.75, 3.05) is 19.7 Å². The Morgan fingerprint density at radius 3 is 1.55 bits per heavy atom. The summed E-state index contributed by atoms with van der Waals surface area (Å²) in [6.07, 6.45) is 21.3. The van der Waals surface area contributed by atoms with Crippen LogP contribution in [0.4, 0.5) is 0 Å². The van der Waals surface area contributed by atoms with Gasteiger partial charge in [-0.25, -0.2) is 0 Å². The molecule has 4 nitrogen and oxygen atoms in total. The van der Waals surface area contributed by atoms with E-state index in [9.17, 15) is 9.90 Å². The molecule has 0 bridgehead atoms. The lowest BCUT2D eigenvalue weighted by atomic mass is 10.0. The van der Waals surface area contributed by atoms with Crippen molar-refractivity contribution >= 4 is 5.91 Å². The maximum absolute atomic E-state index is 12.4. The number of amides is 1. The molecule has 0 aromatic heterocycles. The monoisotopic (exact) mass is 413 g/mol. The largest absolute Gasteiger partial charge is 0.394 e. The normalized spacial score (nSPS) is 12.3. The third kappa shape index (κ3) is 19.1. The molecule has 0 radical (unpaired) electrons. The number of carbonyl (C=O) groups is 1. The molecule has 0 saturated carbocycles. The molecule has 1 amide bonds. The van der Waals surface area contributed by atoms with Crippen LogP contribution in [0, 0.1) is 0 Å². The number of rotatable bonds is 22. The molecule has 0 heterocycles. The molecule has 0 aliphatic heterocycles. The number of hydrogen-bond acceptors (Lipinski definition) is 3. The summed E-state index contributed by atoms with van der Waals surface area (Å²) in [7, 11) is 0. The van der Waals surface area contributed by atoms with Crippen molar-refractivity contribution in [3.8, 4) is 0 Å². The Kier molecular flexibility index (Phi) is 21.6. The van der Waals surface area contributed by atoms with Crippen molar-refractivity contribution in [1.82, 2.24) is 4.90 Å². The molecule has 0 rings (SSSR count). The van der Waals surface area contributed by atoms with Crippen LogP contribution in [0.3, 0.4) is 0 Å². The molecule has 0 saturated heterocycles. The molecule has 2 N–H and O–H groups in total. The fourth-order valence-corrected chi connectivity index (χ4v) is 3.81. The van der Waals surface area contributed by atoms with Gasteiger partial charge in [0.05, 0.1) is 12.7 Å². The van der Waals surface area contributed by atoms with Gasteiger partial charge in [0, 0.05) is 19.5 Å². The highest BCUT2D eigenvalue weighted by molar-refractivity contribution is 5.76. The number of hydrogen-bond donors (Lipinski definition) is 2. The summed E-state index contributed by atoms with van der Waals surface area (Å²) in [4.78, 5) is 14.1. The summed E-state index contributed by atoms with van der Waals surface area (Å²) < 4.78 is 0. The standard InChI is InChI=1S/C25H51NO3/c1-3-5-7-8-9-10-11-12-13-14-15-16-17-19-21-26(22-24(28)23-27)25(29)20-18-6-4-2/h24,27-28H,3-23H2,1-2H3. The molecule has 174 valence electrons. The zero-order valence-corrected chi connectivity index (χ0v) is 19.7. The smallest absolute Gasteiger partial charge is 0.222 e. The SMILES string of the molecule is CCCCCCCCCCCCCCCCN(CC(O)CO)C(=O)CCCCC. The second-order valence-corrected chi connectivity index (χ2v) is 8.73. The molecular formula is C25H51NO3. The topological polar surface area (TPSA) is 60.8 Å². The maximum Gasteiger partial charge on any atom is 0.222 e. The second-order valence-electron chi connectivity index (χ2n) is 8.73. The number of aliphatic hydroxyl groups is 2. The summed E-state index contributed by atoms with van der Waals surface area (Å²) in [5, 5.41) is 18.8. The first kappa shape index (κ1) is 28.4. The van der Waals surface area contributed by atoms with Crippen LogP contribution in [0.15, 0.2) is 0 Å². The lowest BCUT2D eigenvalue weighted by Crippen LogP contribution is -2.39. The Labute approximate surface area is 181 Å². The predicted octanol–water partition coefficient (Wildman–Crippen LogP) is 6.23. The third-order valence-electron chi connectivity index (χ3n) is 5.77. The molecule has 1 atom stereocenters. The van der Waals surface area contributed by atoms with Crippen molar-refractivity contribution in [3.63, 3.8) is 0 Å². The van der Waals surface area contributed by atoms with Gasteiger partial charge in [-0.2, -0.15) is 0 Å². The van der Waals surface area contributed by atoms with E-state index in [1.807, 2.05) is 0 Å². The Morgan fingerprint density at radius 2 is 1.10 bits per heavy atom. The maximum atomic E-state index is 12.4. The van der Waals surface area contributed by atoms with Crippen LogP contribution in [-0.4, -0.2) is 46.8 Å². The zero-order chi connectivity index (χ0) is 21.6. The highest BCUT2D eigenvalue weighted by atomic mass is 16.3. The predicted molar refractivity (Wildman–Crippen MR) is 124 cm³/mol. The number of aliphatic hydroxyl groups excluding tert-OH is 2. The Bertz CT molecular complexity index is 349. The van der Waals surface area contributed by atoms with Gasteiger partial charge in [0.15, 0.2) is 0 Å². The third-order valence-corrected chi connectivity index (χ3v) is 5.77. The summed E-state index contributed by atoms with van der Waals surface area (Å²) in [6, 6.07) is 0. The average Bonchev–Trinajstić information content (AvgIpc) is 2.72. The van der Waals surface area contributed by atoms with Gasteiger partial charge in [-0.15, -0.1) is 0 Å². The minimum Gasteiger partial charge on any atom is -0.394 e. The summed E-state index contributed by atoms with van der Waals surface area (Å²) in [5.74, 6) is 0.126. The first-order valence-corrected chi connectivity index (χ1v) is 12.7. The lowest BCUT2D eigenvalue weighted by molar-refractivity contribution is -0.133. The van der Waals surface area contributed by atoms with E-state index in [0.29, 0.717) is 13.0 Å². The molecule has 0 fully saturated rings. The Hall–Kier alpha value is -0.610. The molecule has 4 heteroatoms. The second kappa shape index (κ2) is 22.1. The van der Waals surface area contributed by atoms with E-state index >= 15 is 0 Å². The van der Waals surface area contributed by atoms with E-state index < -0.39 is 6.10 Å². The summed E-state index contributed by atoms with van der Waals surface area (Å²) in [6.45, 7) is 5.09. The Balaban J connectivity index is 3.67. The van der Waals surface area contributed by atoms with Crippen molar-refractivity contribution in [3.05, 3.63) is 0 Å². The van der Waals surface area contributed by atoms with Crippen LogP contribution in [0.25, 0.3) is 0 Å². The zero-order valence-electron chi connectivity index (χ0n) is 19.7. The van der Waals surface area contributed by atoms with Gasteiger partial charge in [0.2, 0.25) is 5.91 Å². The molecule has 0 spiro atoms. The van der Waals surface area contributed by atoms with Crippen LogP contribution in [-0.2, 0) is 4.79 Å². The van der Waals surface area contributed by atoms with Gasteiger partial charge < -0.3 is 15.1 Å². The van der Waals surface area contributed by atoms with Crippen LogP contribution < -0.4 is 0 Å². The van der Waals surface area contributed by atoms with Crippen LogP contribution in [0.2, 0.25) is 0 Å². The highest BCUT2D eigenvalue weighted by Crippen LogP contribution is 2.13. The molecule has 29 heavy (non-hydrogen) atoms. The van der Waals surface area contributed by atoms with E-state index in [-0.39, 0.29) is 19.1 Å². The van der Waals surface area contributed by atoms with Crippen molar-refractivity contribution in [2.45, 2.75) is 136 Å². The lowest BCUT2D eigenvalue weighted by Gasteiger charge is -2.25. The highest BCUT2D eigenvalue weighted by Gasteiger charge is 2.16. The summed E-state index contributed by atoms with van der Waals surface area (Å²) in [5.41, 5.74) is 0. The molecule has 1 unspecified atom stereocenters. The fourth-order valence-electron chi connectivity index (χ4n) is 3.81. The number of nitrogens with zero attached hydrogens (tertiary/aromatic N) is 1. The van der Waals surface area contributed by atoms with Crippen molar-refractivity contribution in [1.29, 1.82) is 0 Å². The van der Waals surface area contributed by atoms with Gasteiger partial charge in [-0.1, -0.05) is 110 Å². The van der Waals surface area contributed by atoms with E-state index in [4.69, 9.17) is 5.11 Å². The van der Waals surface area contributed by atoms with Gasteiger partial charge in [-0.3, -0.25) is 4.79 Å². The van der Waals surface area contributed by atoms with E-state index in [1.165, 1.54) is 77.0 Å².